The summed E-state index contributed by atoms with van der Waals surface area (Å²) in [5.41, 5.74) is 2.94. The van der Waals surface area contributed by atoms with Gasteiger partial charge in [-0.1, -0.05) is 62.8 Å². The molecule has 2 heteroatoms. The molecule has 2 unspecified atom stereocenters. The minimum atomic E-state index is -1.51. The van der Waals surface area contributed by atoms with Gasteiger partial charge in [0.05, 0.1) is 13.1 Å². The summed E-state index contributed by atoms with van der Waals surface area (Å²) in [6, 6.07) is 0. The largest absolute Gasteiger partial charge is 0.393 e. The molecule has 0 aromatic rings. The first-order valence-corrected chi connectivity index (χ1v) is 11.9. The van der Waals surface area contributed by atoms with Crippen molar-refractivity contribution in [1.82, 2.24) is 0 Å². The van der Waals surface area contributed by atoms with Crippen molar-refractivity contribution in [1.29, 1.82) is 1.43 Å². The maximum absolute atomic E-state index is 10.3. The zero-order valence-electron chi connectivity index (χ0n) is 22.7. The smallest absolute Gasteiger partial charge is 0.210 e. The summed E-state index contributed by atoms with van der Waals surface area (Å²) in [7, 11) is 0. The van der Waals surface area contributed by atoms with Crippen molar-refractivity contribution < 1.29 is 13.0 Å². The van der Waals surface area contributed by atoms with E-state index in [4.69, 9.17) is 4.17 Å². The second-order valence-electron chi connectivity index (χ2n) is 10.9. The molecule has 3 aliphatic carbocycles. The minimum Gasteiger partial charge on any atom is -0.393 e. The van der Waals surface area contributed by atoms with Gasteiger partial charge >= 0.3 is 0 Å². The third-order valence-corrected chi connectivity index (χ3v) is 8.38. The van der Waals surface area contributed by atoms with Gasteiger partial charge in [-0.3, -0.25) is 0 Å². The Morgan fingerprint density at radius 1 is 1.27 bits per heavy atom. The number of hydrogen-bond donors (Lipinski definition) is 2. The average molecular weight is 416 g/mol. The Kier molecular flexibility index (Phi) is 5.98. The van der Waals surface area contributed by atoms with E-state index in [1.807, 2.05) is 13.8 Å². The topological polar surface area (TPSA) is 40.5 Å². The van der Waals surface area contributed by atoms with E-state index in [9.17, 15) is 5.11 Å². The molecule has 7 atom stereocenters. The molecule has 2 nitrogen and oxygen atoms in total. The SMILES string of the molecule is [2H]O[C@]1([2H])CC(=CC=C2CCC[C@@]3(C)C2CC[C@@H]3[C@H](C)/C=C/[C@H](C)C(C)(C)O)C(=C)CC1[2H]. The number of hydrogen-bond acceptors (Lipinski definition) is 2. The van der Waals surface area contributed by atoms with Crippen LogP contribution in [0.1, 0.15) is 88.7 Å². The van der Waals surface area contributed by atoms with E-state index >= 15 is 0 Å². The molecule has 0 amide bonds. The first kappa shape index (κ1) is 19.6. The fourth-order valence-electron chi connectivity index (χ4n) is 5.99. The Bertz CT molecular complexity index is 823. The van der Waals surface area contributed by atoms with Crippen molar-refractivity contribution in [3.05, 3.63) is 47.6 Å². The van der Waals surface area contributed by atoms with E-state index in [1.165, 1.54) is 31.3 Å². The molecular formula is C28H44O2. The van der Waals surface area contributed by atoms with Gasteiger partial charge in [0, 0.05) is 7.29 Å². The summed E-state index contributed by atoms with van der Waals surface area (Å²) in [6.07, 6.45) is 13.3. The van der Waals surface area contributed by atoms with Crippen molar-refractivity contribution in [3.63, 3.8) is 0 Å². The number of allylic oxidation sites excluding steroid dienone is 5. The standard InChI is InChI=1S/C28H44O2/c1-19-10-14-24(29)18-23(19)13-12-22-8-7-17-28(6)25(15-16-26(22)28)20(2)9-11-21(3)27(4,5)30/h9,11-13,20-21,24-26,29-30H,1,7-8,10,14-18H2,2-6H3/b11-9+,22-12?,23-13?/t20-,21+,24+,25-,26?,28-/m1/s1/i14D,24D,29D/t14?,20-,21+,24+,25-,26?,28-. The maximum Gasteiger partial charge on any atom is 0.210 e. The Labute approximate surface area is 189 Å². The van der Waals surface area contributed by atoms with Gasteiger partial charge in [0.1, 0.15) is 0 Å². The molecule has 3 rings (SSSR count). The van der Waals surface area contributed by atoms with Crippen LogP contribution in [-0.4, -0.2) is 23.3 Å². The Morgan fingerprint density at radius 2 is 2.03 bits per heavy atom. The Morgan fingerprint density at radius 3 is 2.73 bits per heavy atom. The highest BCUT2D eigenvalue weighted by Crippen LogP contribution is 2.59. The average Bonchev–Trinajstić information content (AvgIpc) is 3.10. The molecule has 3 fully saturated rings. The van der Waals surface area contributed by atoms with Gasteiger partial charge in [0.2, 0.25) is 1.43 Å². The molecule has 0 aliphatic heterocycles. The van der Waals surface area contributed by atoms with E-state index in [1.54, 1.807) is 0 Å². The van der Waals surface area contributed by atoms with Gasteiger partial charge in [-0.2, -0.15) is 0 Å². The first-order chi connectivity index (χ1) is 15.3. The van der Waals surface area contributed by atoms with Crippen molar-refractivity contribution in [2.75, 3.05) is 0 Å². The van der Waals surface area contributed by atoms with Crippen LogP contribution in [0.4, 0.5) is 0 Å². The van der Waals surface area contributed by atoms with E-state index in [0.29, 0.717) is 24.2 Å². The van der Waals surface area contributed by atoms with Crippen molar-refractivity contribution in [2.45, 2.75) is 97.6 Å². The lowest BCUT2D eigenvalue weighted by Gasteiger charge is -2.44. The van der Waals surface area contributed by atoms with Crippen LogP contribution < -0.4 is 0 Å². The van der Waals surface area contributed by atoms with Crippen LogP contribution in [-0.2, 0) is 0 Å². The van der Waals surface area contributed by atoms with Gasteiger partial charge < -0.3 is 10.2 Å². The zero-order valence-corrected chi connectivity index (χ0v) is 19.7. The molecular weight excluding hydrogens is 368 g/mol. The molecule has 30 heavy (non-hydrogen) atoms. The molecule has 0 spiro atoms. The maximum atomic E-state index is 10.3. The van der Waals surface area contributed by atoms with Crippen molar-refractivity contribution in [2.24, 2.45) is 29.1 Å². The molecule has 0 saturated heterocycles. The third kappa shape index (κ3) is 5.02. The molecule has 168 valence electrons. The van der Waals surface area contributed by atoms with Gasteiger partial charge in [-0.05, 0) is 93.9 Å². The van der Waals surface area contributed by atoms with Crippen LogP contribution in [0.5, 0.6) is 0 Å². The molecule has 0 heterocycles. The predicted octanol–water partition coefficient (Wildman–Crippen LogP) is 6.76. The Hall–Kier alpha value is -1.12. The Balaban J connectivity index is 1.78. The van der Waals surface area contributed by atoms with E-state index in [2.05, 4.69) is 56.8 Å². The molecule has 3 saturated carbocycles. The van der Waals surface area contributed by atoms with Gasteiger partial charge in [0.25, 0.3) is 0 Å². The summed E-state index contributed by atoms with van der Waals surface area (Å²) < 4.78 is 23.7. The predicted molar refractivity (Wildman–Crippen MR) is 127 cm³/mol. The fourth-order valence-corrected chi connectivity index (χ4v) is 5.99. The molecule has 0 radical (unpaired) electrons. The van der Waals surface area contributed by atoms with Gasteiger partial charge in [-0.15, -0.1) is 0 Å². The van der Waals surface area contributed by atoms with Gasteiger partial charge in [0.15, 0.2) is 0 Å². The van der Waals surface area contributed by atoms with Crippen molar-refractivity contribution in [3.8, 4) is 0 Å². The third-order valence-electron chi connectivity index (χ3n) is 8.38. The minimum absolute atomic E-state index is 0.127. The zero-order chi connectivity index (χ0) is 24.6. The van der Waals surface area contributed by atoms with Crippen LogP contribution >= 0.6 is 0 Å². The first-order valence-electron chi connectivity index (χ1n) is 13.4. The summed E-state index contributed by atoms with van der Waals surface area (Å²) in [5.74, 6) is 1.81. The quantitative estimate of drug-likeness (QED) is 0.471. The molecule has 0 bridgehead atoms. The highest BCUT2D eigenvalue weighted by atomic mass is 16.3. The van der Waals surface area contributed by atoms with Crippen LogP contribution in [0.15, 0.2) is 47.6 Å². The van der Waals surface area contributed by atoms with Crippen LogP contribution in [0.3, 0.4) is 0 Å². The van der Waals surface area contributed by atoms with E-state index in [-0.39, 0.29) is 17.8 Å². The van der Waals surface area contributed by atoms with E-state index in [0.717, 1.165) is 17.6 Å². The normalized spacial score (nSPS) is 44.0. The van der Waals surface area contributed by atoms with Crippen molar-refractivity contribution >= 4 is 0 Å². The molecule has 0 aromatic carbocycles. The van der Waals surface area contributed by atoms with Crippen LogP contribution in [0, 0.1) is 29.1 Å². The molecule has 2 N–H and O–H groups in total. The second kappa shape index (κ2) is 9.17. The summed E-state index contributed by atoms with van der Waals surface area (Å²) in [5, 5.41) is 14.9. The number of fused-ring (bicyclic) bond motifs is 1. The van der Waals surface area contributed by atoms with Crippen LogP contribution in [0.25, 0.3) is 0 Å². The molecule has 3 aliphatic rings. The summed E-state index contributed by atoms with van der Waals surface area (Å²) >= 11 is 0. The monoisotopic (exact) mass is 415 g/mol. The number of aliphatic hydroxyl groups is 2. The lowest BCUT2D eigenvalue weighted by Crippen LogP contribution is -2.35. The molecule has 0 aromatic heterocycles. The number of rotatable bonds is 6. The lowest BCUT2D eigenvalue weighted by molar-refractivity contribution is 0.0436. The fraction of sp³-hybridized carbons (Fsp3) is 0.714. The van der Waals surface area contributed by atoms with E-state index < -0.39 is 18.1 Å². The highest BCUT2D eigenvalue weighted by molar-refractivity contribution is 5.36. The summed E-state index contributed by atoms with van der Waals surface area (Å²) in [6.45, 7) is 14.8. The highest BCUT2D eigenvalue weighted by Gasteiger charge is 2.50. The van der Waals surface area contributed by atoms with Crippen LogP contribution in [0.2, 0.25) is 0 Å². The second-order valence-corrected chi connectivity index (χ2v) is 10.9. The lowest BCUT2D eigenvalue weighted by atomic mass is 9.61. The summed E-state index contributed by atoms with van der Waals surface area (Å²) in [4.78, 5) is 0. The van der Waals surface area contributed by atoms with Gasteiger partial charge in [-0.25, -0.2) is 0 Å².